The number of nitrogens with one attached hydrogen (secondary N) is 1. The van der Waals surface area contributed by atoms with Gasteiger partial charge in [0.1, 0.15) is 5.75 Å². The summed E-state index contributed by atoms with van der Waals surface area (Å²) in [5.41, 5.74) is 2.05. The predicted octanol–water partition coefficient (Wildman–Crippen LogP) is 3.04. The molecule has 0 heterocycles. The Balaban J connectivity index is 2.10. The zero-order chi connectivity index (χ0) is 13.1. The number of nitrogens with zero attached hydrogens (tertiary/aromatic N) is 1. The smallest absolute Gasteiger partial charge is 0.120 e. The van der Waals surface area contributed by atoms with Crippen molar-refractivity contribution in [2.45, 2.75) is 45.2 Å². The molecule has 0 aliphatic heterocycles. The average Bonchev–Trinajstić information content (AvgIpc) is 2.79. The summed E-state index contributed by atoms with van der Waals surface area (Å²) in [5.74, 6) is 0.437. The number of aromatic hydroxyl groups is 1. The molecule has 0 aromatic heterocycles. The van der Waals surface area contributed by atoms with E-state index in [9.17, 15) is 5.11 Å². The fourth-order valence-corrected chi connectivity index (χ4v) is 2.75. The number of phenols is 1. The fourth-order valence-electron chi connectivity index (χ4n) is 2.75. The lowest BCUT2D eigenvalue weighted by Crippen LogP contribution is -2.33. The Morgan fingerprint density at radius 3 is 2.94 bits per heavy atom. The first-order chi connectivity index (χ1) is 8.61. The number of hydrogen-bond acceptors (Lipinski definition) is 3. The largest absolute Gasteiger partial charge is 0.508 e. The first kappa shape index (κ1) is 12.9. The molecule has 1 aromatic carbocycles. The van der Waals surface area contributed by atoms with Crippen molar-refractivity contribution in [1.82, 2.24) is 5.32 Å². The lowest BCUT2D eigenvalue weighted by molar-refractivity contribution is 0.401. The van der Waals surface area contributed by atoms with E-state index in [1.165, 1.54) is 0 Å². The third-order valence-electron chi connectivity index (χ3n) is 3.80. The summed E-state index contributed by atoms with van der Waals surface area (Å²) in [4.78, 5) is 0. The van der Waals surface area contributed by atoms with Crippen LogP contribution in [0.25, 0.3) is 0 Å². The monoisotopic (exact) mass is 244 g/mol. The van der Waals surface area contributed by atoms with Gasteiger partial charge in [-0.05, 0) is 32.8 Å². The van der Waals surface area contributed by atoms with Crippen molar-refractivity contribution in [1.29, 1.82) is 5.26 Å². The van der Waals surface area contributed by atoms with E-state index in [1.54, 1.807) is 6.07 Å². The molecular weight excluding hydrogens is 224 g/mol. The fraction of sp³-hybridized carbons (Fsp3) is 0.533. The summed E-state index contributed by atoms with van der Waals surface area (Å²) < 4.78 is 0. The topological polar surface area (TPSA) is 56.0 Å². The Hall–Kier alpha value is -1.53. The highest BCUT2D eigenvalue weighted by Crippen LogP contribution is 2.30. The molecule has 3 nitrogen and oxygen atoms in total. The zero-order valence-electron chi connectivity index (χ0n) is 11.0. The molecule has 2 N–H and O–H groups in total. The van der Waals surface area contributed by atoms with Crippen molar-refractivity contribution in [3.05, 3.63) is 29.3 Å². The van der Waals surface area contributed by atoms with E-state index >= 15 is 0 Å². The predicted molar refractivity (Wildman–Crippen MR) is 71.1 cm³/mol. The molecule has 0 amide bonds. The van der Waals surface area contributed by atoms with Gasteiger partial charge in [-0.3, -0.25) is 0 Å². The highest BCUT2D eigenvalue weighted by molar-refractivity contribution is 5.37. The number of rotatable bonds is 3. The van der Waals surface area contributed by atoms with Crippen LogP contribution in [0.5, 0.6) is 5.75 Å². The van der Waals surface area contributed by atoms with E-state index in [2.05, 4.69) is 11.4 Å². The van der Waals surface area contributed by atoms with Crippen LogP contribution in [-0.4, -0.2) is 11.1 Å². The summed E-state index contributed by atoms with van der Waals surface area (Å²) in [7, 11) is 0. The summed E-state index contributed by atoms with van der Waals surface area (Å²) in [6.07, 6.45) is 3.15. The van der Waals surface area contributed by atoms with Crippen LogP contribution in [-0.2, 0) is 0 Å². The highest BCUT2D eigenvalue weighted by Gasteiger charge is 2.28. The van der Waals surface area contributed by atoms with Gasteiger partial charge in [0, 0.05) is 17.6 Å². The molecule has 2 rings (SSSR count). The molecule has 3 unspecified atom stereocenters. The first-order valence-corrected chi connectivity index (χ1v) is 6.57. The molecule has 0 saturated heterocycles. The van der Waals surface area contributed by atoms with Crippen molar-refractivity contribution in [3.8, 4) is 11.8 Å². The normalized spacial score (nSPS) is 24.7. The van der Waals surface area contributed by atoms with Gasteiger partial charge < -0.3 is 10.4 Å². The molecule has 18 heavy (non-hydrogen) atoms. The van der Waals surface area contributed by atoms with Gasteiger partial charge in [-0.2, -0.15) is 5.26 Å². The van der Waals surface area contributed by atoms with Crippen LogP contribution in [0, 0.1) is 24.2 Å². The van der Waals surface area contributed by atoms with E-state index in [1.807, 2.05) is 26.0 Å². The molecule has 0 bridgehead atoms. The van der Waals surface area contributed by atoms with E-state index in [4.69, 9.17) is 5.26 Å². The van der Waals surface area contributed by atoms with Crippen molar-refractivity contribution in [2.24, 2.45) is 5.92 Å². The zero-order valence-corrected chi connectivity index (χ0v) is 11.0. The van der Waals surface area contributed by atoms with Crippen molar-refractivity contribution in [2.75, 3.05) is 0 Å². The van der Waals surface area contributed by atoms with Gasteiger partial charge in [-0.15, -0.1) is 0 Å². The van der Waals surface area contributed by atoms with Crippen molar-refractivity contribution in [3.63, 3.8) is 0 Å². The Morgan fingerprint density at radius 2 is 2.22 bits per heavy atom. The van der Waals surface area contributed by atoms with Crippen LogP contribution in [0.4, 0.5) is 0 Å². The first-order valence-electron chi connectivity index (χ1n) is 6.57. The number of aryl methyl sites for hydroxylation is 1. The number of hydrogen-bond donors (Lipinski definition) is 2. The summed E-state index contributed by atoms with van der Waals surface area (Å²) >= 11 is 0. The number of phenolic OH excluding ortho intramolecular Hbond substituents is 1. The summed E-state index contributed by atoms with van der Waals surface area (Å²) in [5, 5.41) is 22.5. The van der Waals surface area contributed by atoms with Gasteiger partial charge in [-0.1, -0.05) is 24.1 Å². The van der Waals surface area contributed by atoms with Crippen LogP contribution in [0.1, 0.15) is 43.4 Å². The number of nitriles is 1. The quantitative estimate of drug-likeness (QED) is 0.859. The third kappa shape index (κ3) is 2.65. The lowest BCUT2D eigenvalue weighted by Gasteiger charge is -2.22. The number of benzene rings is 1. The molecule has 96 valence electrons. The van der Waals surface area contributed by atoms with Gasteiger partial charge >= 0.3 is 0 Å². The van der Waals surface area contributed by atoms with E-state index in [0.717, 1.165) is 30.4 Å². The van der Waals surface area contributed by atoms with Gasteiger partial charge in [0.2, 0.25) is 0 Å². The van der Waals surface area contributed by atoms with Gasteiger partial charge in [0.25, 0.3) is 0 Å². The standard InChI is InChI=1S/C15H20N2O/c1-10-6-7-15(18)13(8-10)11(2)17-14-5-3-4-12(14)9-16/h6-8,11-12,14,17-18H,3-5H2,1-2H3. The minimum absolute atomic E-state index is 0.0730. The molecule has 3 atom stereocenters. The Bertz CT molecular complexity index is 464. The maximum atomic E-state index is 9.90. The molecule has 1 aliphatic rings. The van der Waals surface area contributed by atoms with E-state index in [0.29, 0.717) is 5.75 Å². The molecule has 0 radical (unpaired) electrons. The van der Waals surface area contributed by atoms with Crippen molar-refractivity contribution >= 4 is 0 Å². The van der Waals surface area contributed by atoms with Gasteiger partial charge in [0.05, 0.1) is 12.0 Å². The van der Waals surface area contributed by atoms with E-state index < -0.39 is 0 Å². The molecule has 1 fully saturated rings. The lowest BCUT2D eigenvalue weighted by atomic mass is 10.0. The maximum absolute atomic E-state index is 9.90. The molecule has 1 saturated carbocycles. The molecule has 0 spiro atoms. The average molecular weight is 244 g/mol. The van der Waals surface area contributed by atoms with Crippen LogP contribution >= 0.6 is 0 Å². The minimum atomic E-state index is 0.0730. The Kier molecular flexibility index (Phi) is 3.88. The van der Waals surface area contributed by atoms with Crippen molar-refractivity contribution < 1.29 is 5.11 Å². The molecular formula is C15H20N2O. The van der Waals surface area contributed by atoms with Gasteiger partial charge in [0.15, 0.2) is 0 Å². The maximum Gasteiger partial charge on any atom is 0.120 e. The third-order valence-corrected chi connectivity index (χ3v) is 3.80. The van der Waals surface area contributed by atoms with Crippen LogP contribution in [0.2, 0.25) is 0 Å². The minimum Gasteiger partial charge on any atom is -0.508 e. The van der Waals surface area contributed by atoms with Gasteiger partial charge in [-0.25, -0.2) is 0 Å². The van der Waals surface area contributed by atoms with Crippen LogP contribution < -0.4 is 5.32 Å². The van der Waals surface area contributed by atoms with Crippen LogP contribution in [0.3, 0.4) is 0 Å². The second kappa shape index (κ2) is 5.41. The Morgan fingerprint density at radius 1 is 1.44 bits per heavy atom. The highest BCUT2D eigenvalue weighted by atomic mass is 16.3. The second-order valence-electron chi connectivity index (χ2n) is 5.22. The Labute approximate surface area is 108 Å². The molecule has 1 aliphatic carbocycles. The van der Waals surface area contributed by atoms with Crippen LogP contribution in [0.15, 0.2) is 18.2 Å². The molecule has 3 heteroatoms. The summed E-state index contributed by atoms with van der Waals surface area (Å²) in [6, 6.07) is 8.34. The second-order valence-corrected chi connectivity index (χ2v) is 5.22. The molecule has 1 aromatic rings. The SMILES string of the molecule is Cc1ccc(O)c(C(C)NC2CCCC2C#N)c1. The van der Waals surface area contributed by atoms with E-state index in [-0.39, 0.29) is 18.0 Å². The summed E-state index contributed by atoms with van der Waals surface area (Å²) in [6.45, 7) is 4.06.